The highest BCUT2D eigenvalue weighted by molar-refractivity contribution is 5.97. The first-order valence-electron chi connectivity index (χ1n) is 41.9. The van der Waals surface area contributed by atoms with E-state index in [4.69, 9.17) is 0 Å². The van der Waals surface area contributed by atoms with Crippen molar-refractivity contribution >= 4 is 56.3 Å². The van der Waals surface area contributed by atoms with E-state index in [0.29, 0.717) is 0 Å². The lowest BCUT2D eigenvalue weighted by molar-refractivity contribution is 0.660. The van der Waals surface area contributed by atoms with Gasteiger partial charge in [0.25, 0.3) is 0 Å². The molecule has 4 aliphatic carbocycles. The number of hydrogen-bond donors (Lipinski definition) is 4. The van der Waals surface area contributed by atoms with Gasteiger partial charge in [0.05, 0.1) is 5.41 Å². The number of benzene rings is 18. The molecule has 0 atom stereocenters. The van der Waals surface area contributed by atoms with Crippen LogP contribution in [0.4, 0.5) is 45.5 Å². The first-order valence-corrected chi connectivity index (χ1v) is 41.9. The second-order valence-electron chi connectivity index (χ2n) is 33.5. The zero-order chi connectivity index (χ0) is 81.4. The van der Waals surface area contributed by atoms with E-state index in [9.17, 15) is 0 Å². The average Bonchev–Trinajstić information content (AvgIpc) is 1.55. The molecule has 0 saturated carbocycles. The van der Waals surface area contributed by atoms with E-state index in [1.807, 2.05) is 6.07 Å². The molecule has 0 heterocycles. The van der Waals surface area contributed by atoms with Crippen LogP contribution in [0.1, 0.15) is 97.2 Å². The van der Waals surface area contributed by atoms with Gasteiger partial charge in [0, 0.05) is 67.1 Å². The molecule has 0 unspecified atom stereocenters. The predicted molar refractivity (Wildman–Crippen MR) is 508 cm³/mol. The van der Waals surface area contributed by atoms with Gasteiger partial charge in [0.1, 0.15) is 0 Å². The quantitative estimate of drug-likeness (QED) is 0.0929. The molecule has 0 aliphatic heterocycles. The van der Waals surface area contributed by atoms with Crippen molar-refractivity contribution in [3.63, 3.8) is 0 Å². The Balaban J connectivity index is 0.000000106. The molecule has 578 valence electrons. The first-order chi connectivity index (χ1) is 58.7. The van der Waals surface area contributed by atoms with E-state index in [0.717, 1.165) is 45.5 Å². The normalized spacial score (nSPS) is 13.5. The average molecular weight is 1540 g/mol. The van der Waals surface area contributed by atoms with Crippen molar-refractivity contribution in [2.75, 3.05) is 21.3 Å². The molecule has 0 radical (unpaired) electrons. The van der Waals surface area contributed by atoms with E-state index in [1.54, 1.807) is 0 Å². The molecule has 0 aromatic heterocycles. The van der Waals surface area contributed by atoms with E-state index in [-0.39, 0.29) is 21.7 Å². The zero-order valence-corrected chi connectivity index (χ0v) is 68.6. The van der Waals surface area contributed by atoms with E-state index < -0.39 is 0 Å². The van der Waals surface area contributed by atoms with Gasteiger partial charge in [-0.3, -0.25) is 0 Å². The van der Waals surface area contributed by atoms with Gasteiger partial charge in [0.15, 0.2) is 0 Å². The van der Waals surface area contributed by atoms with Crippen molar-refractivity contribution in [3.05, 3.63) is 492 Å². The van der Waals surface area contributed by atoms with Gasteiger partial charge >= 0.3 is 0 Å². The van der Waals surface area contributed by atoms with Crippen molar-refractivity contribution < 1.29 is 0 Å². The van der Waals surface area contributed by atoms with E-state index in [1.165, 1.54) is 144 Å². The highest BCUT2D eigenvalue weighted by atomic mass is 14.9. The second-order valence-corrected chi connectivity index (χ2v) is 33.5. The van der Waals surface area contributed by atoms with Crippen molar-refractivity contribution in [3.8, 4) is 77.9 Å². The van der Waals surface area contributed by atoms with Crippen molar-refractivity contribution in [1.82, 2.24) is 0 Å². The van der Waals surface area contributed by atoms with Gasteiger partial charge in [-0.05, 0) is 236 Å². The molecule has 4 N–H and O–H groups in total. The van der Waals surface area contributed by atoms with E-state index in [2.05, 4.69) is 494 Å². The van der Waals surface area contributed by atoms with Crippen LogP contribution < -0.4 is 21.3 Å². The van der Waals surface area contributed by atoms with Gasteiger partial charge < -0.3 is 21.3 Å². The van der Waals surface area contributed by atoms with Gasteiger partial charge in [0.2, 0.25) is 0 Å². The molecule has 4 heteroatoms. The smallest absolute Gasteiger partial charge is 0.0713 e. The molecular formula is C116H94N4. The maximum atomic E-state index is 3.71. The van der Waals surface area contributed by atoms with Crippen LogP contribution in [0.25, 0.3) is 88.7 Å². The standard InChI is InChI=1S/C33H27N.C31H23N.C27H23N.C25H21N/c1-33(2)31-16-10-9-15-29(31)30-22-27(17-18-32(30)33)34-28-20-25(23-11-5-3-6-12-23)19-26(21-28)24-13-7-4-8-14-24;1-4-12-23(13-5-1)31(24-14-6-2-7-15-24)29-19-11-10-18-27(29)28-22-26(20-21-30(28)31)32-25-16-8-3-9-17-25;1-27(2)25-14-7-6-13-23(25)24-18-22(15-16-26(24)27)28-21-12-8-11-20(17-21)19-9-4-3-5-10-19;1-25(2)22-12-6-5-11-20(22)21-16-18(14-15-23(21)25)26-24-13-7-9-17-8-3-4-10-19(17)24/h3-22,34H,1-2H3;1-22,32H;3-18,28H,1-2H3;3-16,26H,1-2H3. The molecule has 0 spiro atoms. The molecule has 0 bridgehead atoms. The molecule has 18 aromatic carbocycles. The lowest BCUT2D eigenvalue weighted by atomic mass is 9.68. The Kier molecular flexibility index (Phi) is 20.0. The minimum atomic E-state index is -0.334. The third kappa shape index (κ3) is 14.2. The van der Waals surface area contributed by atoms with Crippen LogP contribution in [0.2, 0.25) is 0 Å². The maximum Gasteiger partial charge on any atom is 0.0713 e. The van der Waals surface area contributed by atoms with Gasteiger partial charge in [-0.25, -0.2) is 0 Å². The third-order valence-corrected chi connectivity index (χ3v) is 25.0. The summed E-state index contributed by atoms with van der Waals surface area (Å²) in [5, 5.41) is 17.0. The lowest BCUT2D eigenvalue weighted by Gasteiger charge is -2.33. The Morgan fingerprint density at radius 3 is 0.917 bits per heavy atom. The topological polar surface area (TPSA) is 48.1 Å². The van der Waals surface area contributed by atoms with Crippen molar-refractivity contribution in [1.29, 1.82) is 0 Å². The molecule has 4 nitrogen and oxygen atoms in total. The Labute approximate surface area is 706 Å². The molecule has 4 aliphatic rings. The fourth-order valence-electron chi connectivity index (χ4n) is 19.1. The van der Waals surface area contributed by atoms with Crippen LogP contribution in [-0.2, 0) is 21.7 Å². The zero-order valence-electron chi connectivity index (χ0n) is 68.6. The molecule has 22 rings (SSSR count). The Morgan fingerprint density at radius 1 is 0.167 bits per heavy atom. The van der Waals surface area contributed by atoms with Crippen LogP contribution in [0, 0.1) is 0 Å². The number of hydrogen-bond acceptors (Lipinski definition) is 4. The second kappa shape index (κ2) is 31.8. The van der Waals surface area contributed by atoms with Crippen LogP contribution in [0.3, 0.4) is 0 Å². The summed E-state index contributed by atoms with van der Waals surface area (Å²) in [5.74, 6) is 0. The van der Waals surface area contributed by atoms with Crippen molar-refractivity contribution in [2.45, 2.75) is 63.2 Å². The fourth-order valence-corrected chi connectivity index (χ4v) is 19.1. The van der Waals surface area contributed by atoms with Gasteiger partial charge in [-0.1, -0.05) is 381 Å². The van der Waals surface area contributed by atoms with Crippen molar-refractivity contribution in [2.24, 2.45) is 0 Å². The number of rotatable bonds is 13. The molecule has 18 aromatic rings. The molecule has 0 saturated heterocycles. The predicted octanol–water partition coefficient (Wildman–Crippen LogP) is 31.2. The Bertz CT molecular complexity index is 6680. The first kappa shape index (κ1) is 75.5. The number of para-hydroxylation sites is 1. The third-order valence-electron chi connectivity index (χ3n) is 25.0. The molecular weight excluding hydrogens is 1450 g/mol. The summed E-state index contributed by atoms with van der Waals surface area (Å²) in [5.41, 5.74) is 40.3. The molecule has 120 heavy (non-hydrogen) atoms. The summed E-state index contributed by atoms with van der Waals surface area (Å²) in [6, 6.07) is 156. The fraction of sp³-hybridized carbons (Fsp3) is 0.0862. The Hall–Kier alpha value is -14.6. The lowest BCUT2D eigenvalue weighted by Crippen LogP contribution is -2.28. The van der Waals surface area contributed by atoms with Gasteiger partial charge in [-0.2, -0.15) is 0 Å². The number of fused-ring (bicyclic) bond motifs is 13. The Morgan fingerprint density at radius 2 is 0.450 bits per heavy atom. The van der Waals surface area contributed by atoms with Crippen LogP contribution in [0.5, 0.6) is 0 Å². The van der Waals surface area contributed by atoms with Gasteiger partial charge in [-0.15, -0.1) is 0 Å². The minimum Gasteiger partial charge on any atom is -0.356 e. The van der Waals surface area contributed by atoms with Crippen LogP contribution >= 0.6 is 0 Å². The summed E-state index contributed by atoms with van der Waals surface area (Å²) in [6.07, 6.45) is 0. The summed E-state index contributed by atoms with van der Waals surface area (Å²) in [4.78, 5) is 0. The highest BCUT2D eigenvalue weighted by Crippen LogP contribution is 2.58. The van der Waals surface area contributed by atoms with E-state index >= 15 is 0 Å². The highest BCUT2D eigenvalue weighted by Gasteiger charge is 2.46. The summed E-state index contributed by atoms with van der Waals surface area (Å²) in [6.45, 7) is 13.9. The largest absolute Gasteiger partial charge is 0.356 e. The molecule has 0 fully saturated rings. The monoisotopic (exact) mass is 1540 g/mol. The minimum absolute atomic E-state index is 0.0260. The summed E-state index contributed by atoms with van der Waals surface area (Å²) in [7, 11) is 0. The number of nitrogens with one attached hydrogen (secondary N) is 4. The number of anilines is 8. The maximum absolute atomic E-state index is 3.71. The summed E-state index contributed by atoms with van der Waals surface area (Å²) < 4.78 is 0. The SMILES string of the molecule is CC1(C)c2ccccc2-c2cc(Nc3cc(-c4ccccc4)cc(-c4ccccc4)c3)ccc21.CC1(C)c2ccccc2-c2cc(Nc3cccc(-c4ccccc4)c3)ccc21.CC1(C)c2ccccc2-c2cc(Nc3cccc4ccccc34)ccc21.c1ccc(Nc2ccc3c(c2)-c2ccccc2C3(c2ccccc2)c2ccccc2)cc1. The molecule has 0 amide bonds. The van der Waals surface area contributed by atoms with Crippen LogP contribution in [0.15, 0.2) is 437 Å². The van der Waals surface area contributed by atoms with Crippen LogP contribution in [-0.4, -0.2) is 0 Å². The summed E-state index contributed by atoms with van der Waals surface area (Å²) >= 11 is 0.